The Morgan fingerprint density at radius 3 is 2.68 bits per heavy atom. The van der Waals surface area contributed by atoms with E-state index in [1.54, 1.807) is 6.92 Å². The minimum Gasteiger partial charge on any atom is -0.508 e. The van der Waals surface area contributed by atoms with Crippen LogP contribution in [-0.2, 0) is 11.2 Å². The van der Waals surface area contributed by atoms with E-state index in [2.05, 4.69) is 5.32 Å². The van der Waals surface area contributed by atoms with Crippen molar-refractivity contribution in [1.82, 2.24) is 5.32 Å². The Morgan fingerprint density at radius 1 is 1.36 bits per heavy atom. The lowest BCUT2D eigenvalue weighted by Gasteiger charge is -2.10. The van der Waals surface area contributed by atoms with E-state index in [9.17, 15) is 19.8 Å². The third-order valence-electron chi connectivity index (χ3n) is 3.27. The van der Waals surface area contributed by atoms with Crippen LogP contribution in [0.3, 0.4) is 0 Å². The molecule has 2 aromatic rings. The van der Waals surface area contributed by atoms with Crippen LogP contribution in [-0.4, -0.2) is 33.9 Å². The van der Waals surface area contributed by atoms with Gasteiger partial charge in [0.25, 0.3) is 0 Å². The second-order valence-electron chi connectivity index (χ2n) is 5.16. The Bertz CT molecular complexity index is 778. The number of aromatic hydroxyl groups is 2. The van der Waals surface area contributed by atoms with Crippen LogP contribution >= 0.6 is 0 Å². The maximum absolute atomic E-state index is 12.0. The molecule has 22 heavy (non-hydrogen) atoms. The lowest BCUT2D eigenvalue weighted by Crippen LogP contribution is -2.33. The minimum absolute atomic E-state index is 0.0492. The molecule has 0 bridgehead atoms. The van der Waals surface area contributed by atoms with Crippen molar-refractivity contribution >= 4 is 16.9 Å². The lowest BCUT2D eigenvalue weighted by molar-refractivity contribution is -0.120. The van der Waals surface area contributed by atoms with E-state index < -0.39 is 17.6 Å². The highest BCUT2D eigenvalue weighted by molar-refractivity contribution is 5.89. The standard InChI is InChI=1S/C15H17NO6/c1-7(17)6-16-13(20)5-10-8(2)14-11(19)3-9(18)4-12(14)22-15(10)21/h3-4,7,17-19H,5-6H2,1-2H3,(H,16,20)/t7-/m1/s1. The third kappa shape index (κ3) is 3.20. The minimum atomic E-state index is -0.706. The molecule has 1 amide bonds. The quantitative estimate of drug-likeness (QED) is 0.612. The fourth-order valence-corrected chi connectivity index (χ4v) is 2.20. The summed E-state index contributed by atoms with van der Waals surface area (Å²) in [5, 5.41) is 31.2. The van der Waals surface area contributed by atoms with Gasteiger partial charge in [0.05, 0.1) is 23.5 Å². The summed E-state index contributed by atoms with van der Waals surface area (Å²) in [6.45, 7) is 3.20. The van der Waals surface area contributed by atoms with E-state index in [0.29, 0.717) is 5.56 Å². The molecule has 2 rings (SSSR count). The molecule has 1 atom stereocenters. The van der Waals surface area contributed by atoms with Crippen molar-refractivity contribution in [2.24, 2.45) is 0 Å². The van der Waals surface area contributed by atoms with Crippen LogP contribution in [0.1, 0.15) is 18.1 Å². The summed E-state index contributed by atoms with van der Waals surface area (Å²) in [5.41, 5.74) is -0.122. The lowest BCUT2D eigenvalue weighted by atomic mass is 10.0. The molecule has 0 saturated heterocycles. The summed E-state index contributed by atoms with van der Waals surface area (Å²) in [7, 11) is 0. The molecule has 1 heterocycles. The van der Waals surface area contributed by atoms with Crippen molar-refractivity contribution in [2.45, 2.75) is 26.4 Å². The fourth-order valence-electron chi connectivity index (χ4n) is 2.20. The van der Waals surface area contributed by atoms with Crippen molar-refractivity contribution in [1.29, 1.82) is 0 Å². The van der Waals surface area contributed by atoms with Gasteiger partial charge in [-0.1, -0.05) is 0 Å². The first-order valence-corrected chi connectivity index (χ1v) is 6.72. The maximum atomic E-state index is 12.0. The summed E-state index contributed by atoms with van der Waals surface area (Å²) in [4.78, 5) is 23.8. The van der Waals surface area contributed by atoms with Gasteiger partial charge in [-0.15, -0.1) is 0 Å². The number of hydrogen-bond donors (Lipinski definition) is 4. The van der Waals surface area contributed by atoms with Gasteiger partial charge in [-0.2, -0.15) is 0 Å². The van der Waals surface area contributed by atoms with Gasteiger partial charge in [-0.25, -0.2) is 4.79 Å². The second kappa shape index (κ2) is 6.07. The Morgan fingerprint density at radius 2 is 2.05 bits per heavy atom. The summed E-state index contributed by atoms with van der Waals surface area (Å²) < 4.78 is 5.06. The molecule has 0 aliphatic rings. The number of rotatable bonds is 4. The van der Waals surface area contributed by atoms with E-state index in [4.69, 9.17) is 9.52 Å². The van der Waals surface area contributed by atoms with Crippen LogP contribution in [0.4, 0.5) is 0 Å². The molecule has 0 spiro atoms. The van der Waals surface area contributed by atoms with E-state index >= 15 is 0 Å². The molecule has 7 nitrogen and oxygen atoms in total. The zero-order chi connectivity index (χ0) is 16.4. The molecule has 0 saturated carbocycles. The van der Waals surface area contributed by atoms with Crippen LogP contribution < -0.4 is 10.9 Å². The normalized spacial score (nSPS) is 12.3. The number of aryl methyl sites for hydroxylation is 1. The highest BCUT2D eigenvalue weighted by atomic mass is 16.4. The zero-order valence-corrected chi connectivity index (χ0v) is 12.2. The van der Waals surface area contributed by atoms with Gasteiger partial charge in [0, 0.05) is 18.7 Å². The Labute approximate surface area is 125 Å². The number of phenolic OH excluding ortho intramolecular Hbond substituents is 2. The zero-order valence-electron chi connectivity index (χ0n) is 12.2. The van der Waals surface area contributed by atoms with Crippen LogP contribution in [0.15, 0.2) is 21.3 Å². The molecule has 1 aromatic carbocycles. The Hall–Kier alpha value is -2.54. The first kappa shape index (κ1) is 15.8. The maximum Gasteiger partial charge on any atom is 0.340 e. The Kier molecular flexibility index (Phi) is 4.37. The molecule has 0 fully saturated rings. The van der Waals surface area contributed by atoms with Gasteiger partial charge in [0.15, 0.2) is 0 Å². The average molecular weight is 307 g/mol. The van der Waals surface area contributed by atoms with Crippen molar-refractivity contribution in [2.75, 3.05) is 6.54 Å². The number of aliphatic hydroxyl groups excluding tert-OH is 1. The molecule has 0 unspecified atom stereocenters. The van der Waals surface area contributed by atoms with Crippen LogP contribution in [0.2, 0.25) is 0 Å². The topological polar surface area (TPSA) is 120 Å². The number of phenols is 2. The van der Waals surface area contributed by atoms with E-state index in [1.807, 2.05) is 0 Å². The van der Waals surface area contributed by atoms with Crippen LogP contribution in [0.5, 0.6) is 11.5 Å². The predicted molar refractivity (Wildman–Crippen MR) is 78.9 cm³/mol. The average Bonchev–Trinajstić information content (AvgIpc) is 2.40. The molecule has 118 valence electrons. The summed E-state index contributed by atoms with van der Waals surface area (Å²) in [6, 6.07) is 2.35. The summed E-state index contributed by atoms with van der Waals surface area (Å²) in [6.07, 6.45) is -0.915. The molecular formula is C15H17NO6. The number of nitrogens with one attached hydrogen (secondary N) is 1. The van der Waals surface area contributed by atoms with Gasteiger partial charge in [-0.3, -0.25) is 4.79 Å². The van der Waals surface area contributed by atoms with Gasteiger partial charge in [0.2, 0.25) is 5.91 Å². The highest BCUT2D eigenvalue weighted by Crippen LogP contribution is 2.32. The summed E-state index contributed by atoms with van der Waals surface area (Å²) >= 11 is 0. The predicted octanol–water partition coefficient (Wildman–Crippen LogP) is 0.552. The number of carbonyl (C=O) groups excluding carboxylic acids is 1. The van der Waals surface area contributed by atoms with Gasteiger partial charge in [-0.05, 0) is 19.4 Å². The largest absolute Gasteiger partial charge is 0.508 e. The molecule has 0 aliphatic carbocycles. The van der Waals surface area contributed by atoms with Gasteiger partial charge < -0.3 is 25.1 Å². The van der Waals surface area contributed by atoms with E-state index in [-0.39, 0.29) is 41.0 Å². The van der Waals surface area contributed by atoms with E-state index in [1.165, 1.54) is 13.0 Å². The number of aliphatic hydroxyl groups is 1. The van der Waals surface area contributed by atoms with Gasteiger partial charge >= 0.3 is 5.63 Å². The van der Waals surface area contributed by atoms with Crippen molar-refractivity contribution in [3.63, 3.8) is 0 Å². The third-order valence-corrected chi connectivity index (χ3v) is 3.27. The van der Waals surface area contributed by atoms with Crippen molar-refractivity contribution in [3.8, 4) is 11.5 Å². The smallest absolute Gasteiger partial charge is 0.340 e. The first-order valence-electron chi connectivity index (χ1n) is 6.72. The molecule has 0 aliphatic heterocycles. The number of fused-ring (bicyclic) bond motifs is 1. The van der Waals surface area contributed by atoms with Crippen molar-refractivity contribution < 1.29 is 24.5 Å². The second-order valence-corrected chi connectivity index (χ2v) is 5.16. The van der Waals surface area contributed by atoms with E-state index in [0.717, 1.165) is 6.07 Å². The molecular weight excluding hydrogens is 290 g/mol. The monoisotopic (exact) mass is 307 g/mol. The molecule has 1 aromatic heterocycles. The number of benzene rings is 1. The number of amides is 1. The molecule has 0 radical (unpaired) electrons. The van der Waals surface area contributed by atoms with Crippen molar-refractivity contribution in [3.05, 3.63) is 33.7 Å². The SMILES string of the molecule is Cc1c(CC(=O)NC[C@@H](C)O)c(=O)oc2cc(O)cc(O)c12. The highest BCUT2D eigenvalue weighted by Gasteiger charge is 2.17. The van der Waals surface area contributed by atoms with Crippen LogP contribution in [0, 0.1) is 6.92 Å². The van der Waals surface area contributed by atoms with Crippen LogP contribution in [0.25, 0.3) is 11.0 Å². The number of carbonyl (C=O) groups is 1. The molecule has 4 N–H and O–H groups in total. The summed E-state index contributed by atoms with van der Waals surface area (Å²) in [5.74, 6) is -0.897. The fraction of sp³-hybridized carbons (Fsp3) is 0.333. The molecule has 7 heteroatoms. The Balaban J connectivity index is 2.43. The van der Waals surface area contributed by atoms with Gasteiger partial charge in [0.1, 0.15) is 17.1 Å². The first-order chi connectivity index (χ1) is 10.3. The number of hydrogen-bond acceptors (Lipinski definition) is 6.